The van der Waals surface area contributed by atoms with E-state index in [1.54, 1.807) is 21.1 Å². The average molecular weight is 1190 g/mol. The molecule has 71 heavy (non-hydrogen) atoms. The van der Waals surface area contributed by atoms with Crippen molar-refractivity contribution < 1.29 is 61.2 Å². The van der Waals surface area contributed by atoms with E-state index in [0.29, 0.717) is 12.8 Å². The second-order valence-corrected chi connectivity index (χ2v) is 41.5. The van der Waals surface area contributed by atoms with Crippen LogP contribution in [0.2, 0.25) is 54.4 Å². The van der Waals surface area contributed by atoms with Crippen LogP contribution in [0, 0.1) is 17.8 Å². The zero-order valence-electron chi connectivity index (χ0n) is 48.3. The number of allylic oxidation sites excluding steroid dienone is 3. The topological polar surface area (TPSA) is 155 Å². The van der Waals surface area contributed by atoms with E-state index in [9.17, 15) is 19.5 Å². The summed E-state index contributed by atoms with van der Waals surface area (Å²) in [5, 5.41) is 12.9. The van der Waals surface area contributed by atoms with Crippen molar-refractivity contribution in [3.8, 4) is 0 Å². The number of hydrogen-bond donors (Lipinski definition) is 1. The first-order chi connectivity index (χ1) is 32.1. The van der Waals surface area contributed by atoms with Gasteiger partial charge in [0.2, 0.25) is 5.79 Å². The summed E-state index contributed by atoms with van der Waals surface area (Å²) >= 11 is 7.05. The summed E-state index contributed by atoms with van der Waals surface area (Å²) in [6, 6.07) is 0. The van der Waals surface area contributed by atoms with Gasteiger partial charge in [0.15, 0.2) is 31.1 Å². The maximum Gasteiger partial charge on any atom is 0.303 e. The van der Waals surface area contributed by atoms with Crippen molar-refractivity contribution in [2.75, 3.05) is 20.8 Å². The minimum atomic E-state index is -2.78. The van der Waals surface area contributed by atoms with Crippen LogP contribution < -0.4 is 0 Å². The fourth-order valence-electron chi connectivity index (χ4n) is 8.02. The van der Waals surface area contributed by atoms with Crippen molar-refractivity contribution >= 4 is 74.7 Å². The largest absolute Gasteiger partial charge is 0.462 e. The summed E-state index contributed by atoms with van der Waals surface area (Å²) in [6.45, 7) is 44.5. The predicted octanol–water partition coefficient (Wildman–Crippen LogP) is 13.3. The van der Waals surface area contributed by atoms with Crippen LogP contribution in [0.5, 0.6) is 0 Å². The molecule has 0 aromatic rings. The molecule has 1 aliphatic rings. The summed E-state index contributed by atoms with van der Waals surface area (Å²) in [5.41, 5.74) is 1.01. The standard InChI is InChI=1S/C53H98Br2O13Si3/c1-34(28-29-42(35(2)30-47(54)55)67-70(21,22)51(11,12)13)26-25-27-43(62-38(5)56)45(61-18)32-46(68-71(23,24)52(14,15)16)49(64-40(7)58)53(59)37(4)48(63-39(6)57)36(3)44(65-53)31-41(33-60-17)66-69(19,20)50(8,9)10/h26,28-30,35-37,41-46,48-49,59H,25,27,31-33H2,1-24H3/b29-28+,34-26+/t35-,36-,37+,41+,42+,43-,44+,45-,46-,48-,49+,53+/m0/s1. The van der Waals surface area contributed by atoms with E-state index >= 15 is 0 Å². The number of rotatable bonds is 26. The number of carbonyl (C=O) groups excluding carboxylic acids is 3. The second kappa shape index (κ2) is 27.8. The maximum absolute atomic E-state index is 13.4. The molecule has 0 spiro atoms. The molecule has 1 heterocycles. The predicted molar refractivity (Wildman–Crippen MR) is 300 cm³/mol. The highest BCUT2D eigenvalue weighted by molar-refractivity contribution is 9.28. The van der Waals surface area contributed by atoms with E-state index < -0.39 is 103 Å². The van der Waals surface area contributed by atoms with Gasteiger partial charge < -0.3 is 46.8 Å². The van der Waals surface area contributed by atoms with E-state index in [1.165, 1.54) is 20.8 Å². The maximum atomic E-state index is 13.4. The quantitative estimate of drug-likeness (QED) is 0.0378. The minimum absolute atomic E-state index is 0.0239. The van der Waals surface area contributed by atoms with Crippen LogP contribution in [0.3, 0.4) is 0 Å². The van der Waals surface area contributed by atoms with Crippen LogP contribution in [0.4, 0.5) is 0 Å². The molecule has 1 rings (SSSR count). The Balaban J connectivity index is 3.99. The number of aliphatic hydroxyl groups is 1. The van der Waals surface area contributed by atoms with Crippen LogP contribution in [0.15, 0.2) is 33.3 Å². The van der Waals surface area contributed by atoms with Gasteiger partial charge in [0.25, 0.3) is 0 Å². The lowest BCUT2D eigenvalue weighted by molar-refractivity contribution is -0.362. The first-order valence-electron chi connectivity index (χ1n) is 25.4. The lowest BCUT2D eigenvalue weighted by Gasteiger charge is -2.54. The number of carbonyl (C=O) groups is 3. The Labute approximate surface area is 450 Å². The molecule has 1 saturated heterocycles. The smallest absolute Gasteiger partial charge is 0.303 e. The van der Waals surface area contributed by atoms with E-state index in [2.05, 4.69) is 165 Å². The first-order valence-corrected chi connectivity index (χ1v) is 35.7. The van der Waals surface area contributed by atoms with Gasteiger partial charge in [0, 0.05) is 59.7 Å². The molecule has 0 aromatic carbocycles. The summed E-state index contributed by atoms with van der Waals surface area (Å²) in [6.07, 6.45) is 3.27. The van der Waals surface area contributed by atoms with Gasteiger partial charge in [-0.25, -0.2) is 0 Å². The molecule has 18 heteroatoms. The molecular formula is C53H98Br2O13Si3. The van der Waals surface area contributed by atoms with Crippen LogP contribution in [0.1, 0.15) is 136 Å². The molecule has 0 saturated carbocycles. The van der Waals surface area contributed by atoms with Crippen molar-refractivity contribution in [1.82, 2.24) is 0 Å². The molecule has 0 aliphatic carbocycles. The average Bonchev–Trinajstić information content (AvgIpc) is 3.18. The van der Waals surface area contributed by atoms with Crippen LogP contribution in [-0.2, 0) is 56.1 Å². The number of methoxy groups -OCH3 is 2. The molecule has 414 valence electrons. The van der Waals surface area contributed by atoms with E-state index in [4.69, 9.17) is 41.7 Å². The Morgan fingerprint density at radius 1 is 0.746 bits per heavy atom. The Morgan fingerprint density at radius 2 is 1.25 bits per heavy atom. The first kappa shape index (κ1) is 68.0. The number of esters is 3. The molecule has 0 radical (unpaired) electrons. The monoisotopic (exact) mass is 1180 g/mol. The van der Waals surface area contributed by atoms with Gasteiger partial charge >= 0.3 is 17.9 Å². The zero-order chi connectivity index (χ0) is 55.5. The van der Waals surface area contributed by atoms with Crippen LogP contribution in [0.25, 0.3) is 0 Å². The van der Waals surface area contributed by atoms with Crippen molar-refractivity contribution in [3.05, 3.63) is 33.3 Å². The Kier molecular flexibility index (Phi) is 26.7. The highest BCUT2D eigenvalue weighted by Crippen LogP contribution is 2.47. The van der Waals surface area contributed by atoms with Gasteiger partial charge in [0.05, 0.1) is 46.4 Å². The SMILES string of the molecule is COC[C@@H](C[C@H]1O[C@@](O)([C@H](OC(C)=O)[C@H](C[C@H](OC)[C@H](CC/C=C(C)/C=C/[C@@H](O[Si](C)(C)C(C)(C)C)[C@@H](C)C=C(Br)Br)OC(C)=O)O[Si](C)(C)C(C)(C)C)[C@H](C)[C@@H](OC(C)=O)[C@H]1C)O[Si](C)(C)C(C)(C)C. The molecule has 1 fully saturated rings. The number of ether oxygens (including phenoxy) is 6. The highest BCUT2D eigenvalue weighted by Gasteiger charge is 2.61. The summed E-state index contributed by atoms with van der Waals surface area (Å²) in [7, 11) is -4.08. The summed E-state index contributed by atoms with van der Waals surface area (Å²) in [5.74, 6) is -5.24. The van der Waals surface area contributed by atoms with E-state index in [-0.39, 0.29) is 46.6 Å². The highest BCUT2D eigenvalue weighted by atomic mass is 79.9. The fourth-order valence-corrected chi connectivity index (χ4v) is 12.9. The van der Waals surface area contributed by atoms with Gasteiger partial charge in [-0.3, -0.25) is 14.4 Å². The third-order valence-corrected chi connectivity index (χ3v) is 29.4. The molecule has 12 atom stereocenters. The number of halogens is 2. The van der Waals surface area contributed by atoms with Gasteiger partial charge in [-0.1, -0.05) is 113 Å². The zero-order valence-corrected chi connectivity index (χ0v) is 54.5. The molecule has 0 unspecified atom stereocenters. The third-order valence-electron chi connectivity index (χ3n) is 15.4. The lowest BCUT2D eigenvalue weighted by Crippen LogP contribution is -2.68. The second-order valence-electron chi connectivity index (χ2n) is 24.5. The summed E-state index contributed by atoms with van der Waals surface area (Å²) in [4.78, 5) is 39.1. The molecule has 1 N–H and O–H groups in total. The van der Waals surface area contributed by atoms with Gasteiger partial charge in [-0.05, 0) is 106 Å². The van der Waals surface area contributed by atoms with Crippen molar-refractivity contribution in [2.24, 2.45) is 17.8 Å². The Morgan fingerprint density at radius 3 is 1.70 bits per heavy atom. The fraction of sp³-hybridized carbons (Fsp3) is 0.830. The van der Waals surface area contributed by atoms with Crippen LogP contribution in [-0.4, -0.2) is 123 Å². The summed E-state index contributed by atoms with van der Waals surface area (Å²) < 4.78 is 59.1. The third kappa shape index (κ3) is 20.8. The normalized spacial score (nSPS) is 24.1. The molecule has 0 aromatic heterocycles. The molecule has 13 nitrogen and oxygen atoms in total. The van der Waals surface area contributed by atoms with Gasteiger partial charge in [0.1, 0.15) is 12.2 Å². The van der Waals surface area contributed by atoms with Crippen LogP contribution >= 0.6 is 31.9 Å². The molecule has 0 amide bonds. The van der Waals surface area contributed by atoms with E-state index in [0.717, 1.165) is 8.96 Å². The van der Waals surface area contributed by atoms with E-state index in [1.807, 2.05) is 13.8 Å². The Hall–Kier alpha value is -1.04. The van der Waals surface area contributed by atoms with Crippen molar-refractivity contribution in [2.45, 2.75) is 245 Å². The Bertz CT molecular complexity index is 1800. The molecule has 1 aliphatic heterocycles. The minimum Gasteiger partial charge on any atom is -0.462 e. The number of hydrogen-bond acceptors (Lipinski definition) is 13. The van der Waals surface area contributed by atoms with Gasteiger partial charge in [-0.2, -0.15) is 0 Å². The van der Waals surface area contributed by atoms with Crippen molar-refractivity contribution in [1.29, 1.82) is 0 Å². The molecule has 0 bridgehead atoms. The molecular weight excluding hydrogens is 1090 g/mol. The van der Waals surface area contributed by atoms with Crippen molar-refractivity contribution in [3.63, 3.8) is 0 Å². The lowest BCUT2D eigenvalue weighted by atomic mass is 9.76. The van der Waals surface area contributed by atoms with Gasteiger partial charge in [-0.15, -0.1) is 0 Å².